The van der Waals surface area contributed by atoms with Gasteiger partial charge >= 0.3 is 5.97 Å². The number of nitrogens with zero attached hydrogens (tertiary/aromatic N) is 2. The van der Waals surface area contributed by atoms with Gasteiger partial charge < -0.3 is 10.1 Å². The van der Waals surface area contributed by atoms with Crippen molar-refractivity contribution < 1.29 is 18.7 Å². The third-order valence-electron chi connectivity index (χ3n) is 2.82. The normalized spacial score (nSPS) is 11.8. The Bertz CT molecular complexity index is 671. The van der Waals surface area contributed by atoms with Gasteiger partial charge in [-0.1, -0.05) is 0 Å². The zero-order valence-corrected chi connectivity index (χ0v) is 12.2. The van der Waals surface area contributed by atoms with Gasteiger partial charge in [-0.25, -0.2) is 9.18 Å². The number of rotatable bonds is 5. The van der Waals surface area contributed by atoms with Crippen LogP contribution in [0.1, 0.15) is 24.2 Å². The summed E-state index contributed by atoms with van der Waals surface area (Å²) >= 11 is 0. The number of ether oxygens (including phenoxy) is 1. The van der Waals surface area contributed by atoms with E-state index in [0.29, 0.717) is 12.2 Å². The van der Waals surface area contributed by atoms with E-state index in [0.717, 1.165) is 6.07 Å². The first-order valence-electron chi connectivity index (χ1n) is 6.71. The van der Waals surface area contributed by atoms with Crippen molar-refractivity contribution in [1.82, 2.24) is 9.78 Å². The summed E-state index contributed by atoms with van der Waals surface area (Å²) in [6, 6.07) is 5.49. The molecule has 1 amide bonds. The van der Waals surface area contributed by atoms with Crippen molar-refractivity contribution in [2.75, 3.05) is 5.32 Å². The van der Waals surface area contributed by atoms with Gasteiger partial charge in [0.1, 0.15) is 11.9 Å². The van der Waals surface area contributed by atoms with E-state index in [2.05, 4.69) is 10.4 Å². The summed E-state index contributed by atoms with van der Waals surface area (Å²) in [5.74, 6) is -1.80. The SMILES string of the molecule is CC(=O)Nc1ccc(F)c(C(=O)O[C@@H](C)Cn2cccn2)c1. The Labute approximate surface area is 126 Å². The summed E-state index contributed by atoms with van der Waals surface area (Å²) in [6.07, 6.45) is 2.88. The van der Waals surface area contributed by atoms with Gasteiger partial charge in [-0.05, 0) is 31.2 Å². The molecule has 0 aliphatic heterocycles. The number of carbonyl (C=O) groups is 2. The van der Waals surface area contributed by atoms with E-state index in [1.54, 1.807) is 30.1 Å². The third-order valence-corrected chi connectivity index (χ3v) is 2.82. The Balaban J connectivity index is 2.06. The number of amides is 1. The molecule has 7 heteroatoms. The molecule has 1 aromatic carbocycles. The van der Waals surface area contributed by atoms with Crippen molar-refractivity contribution in [3.63, 3.8) is 0 Å². The number of aromatic nitrogens is 2. The van der Waals surface area contributed by atoms with Crippen molar-refractivity contribution in [2.45, 2.75) is 26.5 Å². The molecule has 0 saturated heterocycles. The van der Waals surface area contributed by atoms with E-state index >= 15 is 0 Å². The van der Waals surface area contributed by atoms with Crippen LogP contribution in [0, 0.1) is 5.82 Å². The van der Waals surface area contributed by atoms with E-state index in [4.69, 9.17) is 4.74 Å². The zero-order valence-electron chi connectivity index (χ0n) is 12.2. The molecule has 0 aliphatic carbocycles. The van der Waals surface area contributed by atoms with Crippen molar-refractivity contribution in [2.24, 2.45) is 0 Å². The fraction of sp³-hybridized carbons (Fsp3) is 0.267. The molecular weight excluding hydrogens is 289 g/mol. The molecule has 0 spiro atoms. The molecule has 0 radical (unpaired) electrons. The predicted octanol–water partition coefficient (Wildman–Crippen LogP) is 2.23. The average Bonchev–Trinajstić information content (AvgIpc) is 2.92. The minimum atomic E-state index is -0.788. The van der Waals surface area contributed by atoms with Gasteiger partial charge in [0.05, 0.1) is 12.1 Å². The maximum Gasteiger partial charge on any atom is 0.341 e. The lowest BCUT2D eigenvalue weighted by molar-refractivity contribution is -0.114. The van der Waals surface area contributed by atoms with Crippen LogP contribution < -0.4 is 5.32 Å². The molecule has 22 heavy (non-hydrogen) atoms. The monoisotopic (exact) mass is 305 g/mol. The molecule has 1 heterocycles. The Morgan fingerprint density at radius 3 is 2.86 bits per heavy atom. The van der Waals surface area contributed by atoms with Crippen LogP contribution in [-0.4, -0.2) is 27.8 Å². The Hall–Kier alpha value is -2.70. The largest absolute Gasteiger partial charge is 0.457 e. The molecule has 0 aliphatic rings. The highest BCUT2D eigenvalue weighted by Gasteiger charge is 2.17. The van der Waals surface area contributed by atoms with Crippen LogP contribution >= 0.6 is 0 Å². The molecule has 0 bridgehead atoms. The maximum absolute atomic E-state index is 13.8. The van der Waals surface area contributed by atoms with Gasteiger partial charge in [0.15, 0.2) is 0 Å². The molecular formula is C15H16FN3O3. The number of esters is 1. The quantitative estimate of drug-likeness (QED) is 0.860. The summed E-state index contributed by atoms with van der Waals surface area (Å²) in [5, 5.41) is 6.49. The number of nitrogens with one attached hydrogen (secondary N) is 1. The second-order valence-corrected chi connectivity index (χ2v) is 4.82. The van der Waals surface area contributed by atoms with Crippen molar-refractivity contribution in [3.8, 4) is 0 Å². The topological polar surface area (TPSA) is 73.2 Å². The van der Waals surface area contributed by atoms with Crippen LogP contribution in [0.15, 0.2) is 36.7 Å². The lowest BCUT2D eigenvalue weighted by Gasteiger charge is -2.14. The van der Waals surface area contributed by atoms with E-state index in [1.165, 1.54) is 19.1 Å². The molecule has 1 atom stereocenters. The van der Waals surface area contributed by atoms with Gasteiger partial charge in [-0.3, -0.25) is 9.48 Å². The minimum Gasteiger partial charge on any atom is -0.457 e. The minimum absolute atomic E-state index is 0.224. The van der Waals surface area contributed by atoms with Gasteiger partial charge in [0, 0.05) is 25.0 Å². The molecule has 1 N–H and O–H groups in total. The lowest BCUT2D eigenvalue weighted by Crippen LogP contribution is -2.21. The van der Waals surface area contributed by atoms with Crippen molar-refractivity contribution in [3.05, 3.63) is 48.0 Å². The first kappa shape index (κ1) is 15.7. The molecule has 0 fully saturated rings. The Morgan fingerprint density at radius 2 is 2.23 bits per heavy atom. The first-order chi connectivity index (χ1) is 10.5. The van der Waals surface area contributed by atoms with E-state index < -0.39 is 17.9 Å². The molecule has 0 unspecified atom stereocenters. The summed E-state index contributed by atoms with van der Waals surface area (Å²) in [5.41, 5.74) is 0.110. The highest BCUT2D eigenvalue weighted by Crippen LogP contribution is 2.16. The standard InChI is InChI=1S/C15H16FN3O3/c1-10(9-19-7-3-6-17-19)22-15(21)13-8-12(18-11(2)20)4-5-14(13)16/h3-8,10H,9H2,1-2H3,(H,18,20)/t10-/m0/s1. The summed E-state index contributed by atoms with van der Waals surface area (Å²) in [6.45, 7) is 3.38. The van der Waals surface area contributed by atoms with Gasteiger partial charge in [-0.2, -0.15) is 5.10 Å². The smallest absolute Gasteiger partial charge is 0.341 e. The number of anilines is 1. The molecule has 0 saturated carbocycles. The second kappa shape index (κ2) is 6.84. The Morgan fingerprint density at radius 1 is 1.45 bits per heavy atom. The number of hydrogen-bond donors (Lipinski definition) is 1. The third kappa shape index (κ3) is 4.15. The van der Waals surface area contributed by atoms with Crippen LogP contribution in [-0.2, 0) is 16.1 Å². The summed E-state index contributed by atoms with van der Waals surface area (Å²) in [4.78, 5) is 23.0. The van der Waals surface area contributed by atoms with Crippen molar-refractivity contribution in [1.29, 1.82) is 0 Å². The van der Waals surface area contributed by atoms with Crippen LogP contribution in [0.4, 0.5) is 10.1 Å². The molecule has 2 aromatic rings. The fourth-order valence-corrected chi connectivity index (χ4v) is 1.92. The summed E-state index contributed by atoms with van der Waals surface area (Å²) in [7, 11) is 0. The molecule has 2 rings (SSSR count). The summed E-state index contributed by atoms with van der Waals surface area (Å²) < 4.78 is 20.6. The van der Waals surface area contributed by atoms with Crippen LogP contribution in [0.25, 0.3) is 0 Å². The first-order valence-corrected chi connectivity index (χ1v) is 6.71. The number of hydrogen-bond acceptors (Lipinski definition) is 4. The molecule has 1 aromatic heterocycles. The van der Waals surface area contributed by atoms with Crippen molar-refractivity contribution >= 4 is 17.6 Å². The Kier molecular flexibility index (Phi) is 4.88. The number of carbonyl (C=O) groups excluding carboxylic acids is 2. The number of benzene rings is 1. The highest BCUT2D eigenvalue weighted by molar-refractivity contribution is 5.94. The van der Waals surface area contributed by atoms with Crippen LogP contribution in [0.3, 0.4) is 0 Å². The number of halogens is 1. The molecule has 6 nitrogen and oxygen atoms in total. The van der Waals surface area contributed by atoms with Gasteiger partial charge in [-0.15, -0.1) is 0 Å². The average molecular weight is 305 g/mol. The predicted molar refractivity (Wildman–Crippen MR) is 77.8 cm³/mol. The zero-order chi connectivity index (χ0) is 16.1. The van der Waals surface area contributed by atoms with Crippen LogP contribution in [0.5, 0.6) is 0 Å². The molecule has 116 valence electrons. The van der Waals surface area contributed by atoms with Gasteiger partial charge in [0.2, 0.25) is 5.91 Å². The lowest BCUT2D eigenvalue weighted by atomic mass is 10.2. The van der Waals surface area contributed by atoms with E-state index in [1.807, 2.05) is 0 Å². The van der Waals surface area contributed by atoms with E-state index in [-0.39, 0.29) is 11.5 Å². The fourth-order valence-electron chi connectivity index (χ4n) is 1.92. The van der Waals surface area contributed by atoms with E-state index in [9.17, 15) is 14.0 Å². The highest BCUT2D eigenvalue weighted by atomic mass is 19.1. The maximum atomic E-state index is 13.8. The second-order valence-electron chi connectivity index (χ2n) is 4.82. The van der Waals surface area contributed by atoms with Gasteiger partial charge in [0.25, 0.3) is 0 Å². The van der Waals surface area contributed by atoms with Crippen LogP contribution in [0.2, 0.25) is 0 Å².